The van der Waals surface area contributed by atoms with Crippen molar-refractivity contribution in [1.82, 2.24) is 9.97 Å². The van der Waals surface area contributed by atoms with E-state index in [4.69, 9.17) is 9.97 Å². The molecule has 0 amide bonds. The summed E-state index contributed by atoms with van der Waals surface area (Å²) in [6.07, 6.45) is 0. The largest absolute Gasteiger partial charge is 0.228 e. The Labute approximate surface area is 330 Å². The molecule has 0 bridgehead atoms. The third-order valence-electron chi connectivity index (χ3n) is 11.7. The van der Waals surface area contributed by atoms with Crippen molar-refractivity contribution in [3.05, 3.63) is 193 Å². The van der Waals surface area contributed by atoms with Crippen LogP contribution < -0.4 is 0 Å². The molecular formula is C53H36N2S. The summed E-state index contributed by atoms with van der Waals surface area (Å²) in [4.78, 5) is 10.4. The first-order chi connectivity index (χ1) is 27.5. The summed E-state index contributed by atoms with van der Waals surface area (Å²) < 4.78 is 2.64. The zero-order chi connectivity index (χ0) is 37.4. The molecule has 0 unspecified atom stereocenters. The molecule has 0 aliphatic heterocycles. The highest BCUT2D eigenvalue weighted by atomic mass is 32.1. The zero-order valence-electron chi connectivity index (χ0n) is 31.1. The second-order valence-electron chi connectivity index (χ2n) is 15.4. The minimum atomic E-state index is -0.103. The first-order valence-electron chi connectivity index (χ1n) is 19.2. The number of thiophene rings is 1. The molecule has 0 atom stereocenters. The van der Waals surface area contributed by atoms with Crippen LogP contribution in [0.5, 0.6) is 0 Å². The lowest BCUT2D eigenvalue weighted by molar-refractivity contribution is 0.661. The lowest BCUT2D eigenvalue weighted by Crippen LogP contribution is -2.14. The molecule has 10 aromatic rings. The molecule has 2 nitrogen and oxygen atoms in total. The van der Waals surface area contributed by atoms with E-state index < -0.39 is 0 Å². The summed E-state index contributed by atoms with van der Waals surface area (Å²) in [5, 5.41) is 5.18. The third-order valence-corrected chi connectivity index (χ3v) is 12.9. The fourth-order valence-corrected chi connectivity index (χ4v) is 10.1. The van der Waals surface area contributed by atoms with Crippen LogP contribution in [0, 0.1) is 0 Å². The van der Waals surface area contributed by atoms with E-state index in [1.54, 1.807) is 0 Å². The Balaban J connectivity index is 1.02. The van der Waals surface area contributed by atoms with Gasteiger partial charge in [-0.05, 0) is 85.6 Å². The summed E-state index contributed by atoms with van der Waals surface area (Å²) in [6, 6.07) is 65.8. The molecule has 1 aliphatic rings. The minimum absolute atomic E-state index is 0.103. The van der Waals surface area contributed by atoms with Crippen molar-refractivity contribution in [2.75, 3.05) is 0 Å². The molecule has 11 rings (SSSR count). The van der Waals surface area contributed by atoms with Crippen LogP contribution in [-0.4, -0.2) is 9.97 Å². The lowest BCUT2D eigenvalue weighted by Gasteiger charge is -2.22. The van der Waals surface area contributed by atoms with E-state index in [2.05, 4.69) is 178 Å². The molecule has 0 saturated heterocycles. The van der Waals surface area contributed by atoms with Gasteiger partial charge in [0.2, 0.25) is 0 Å². The van der Waals surface area contributed by atoms with E-state index in [0.29, 0.717) is 5.82 Å². The number of aromatic nitrogens is 2. The van der Waals surface area contributed by atoms with Crippen LogP contribution >= 0.6 is 11.3 Å². The summed E-state index contributed by atoms with van der Waals surface area (Å²) in [5.74, 6) is 0.714. The first kappa shape index (κ1) is 32.7. The third kappa shape index (κ3) is 5.23. The molecule has 0 spiro atoms. The van der Waals surface area contributed by atoms with Gasteiger partial charge in [0, 0.05) is 42.3 Å². The Kier molecular flexibility index (Phi) is 7.42. The number of hydrogen-bond donors (Lipinski definition) is 0. The van der Waals surface area contributed by atoms with Gasteiger partial charge in [0.25, 0.3) is 0 Å². The fraction of sp³-hybridized carbons (Fsp3) is 0.0566. The highest BCUT2D eigenvalue weighted by molar-refractivity contribution is 7.26. The molecule has 0 N–H and O–H groups in total. The van der Waals surface area contributed by atoms with Gasteiger partial charge in [0.1, 0.15) is 0 Å². The van der Waals surface area contributed by atoms with Gasteiger partial charge in [-0.1, -0.05) is 166 Å². The van der Waals surface area contributed by atoms with Crippen LogP contribution in [0.3, 0.4) is 0 Å². The van der Waals surface area contributed by atoms with E-state index in [-0.39, 0.29) is 5.41 Å². The molecule has 56 heavy (non-hydrogen) atoms. The summed E-state index contributed by atoms with van der Waals surface area (Å²) in [6.45, 7) is 4.72. The van der Waals surface area contributed by atoms with Crippen LogP contribution in [0.1, 0.15) is 25.0 Å². The Morgan fingerprint density at radius 1 is 0.411 bits per heavy atom. The predicted molar refractivity (Wildman–Crippen MR) is 237 cm³/mol. The summed E-state index contributed by atoms with van der Waals surface area (Å²) in [7, 11) is 0. The van der Waals surface area contributed by atoms with Gasteiger partial charge in [-0.15, -0.1) is 11.3 Å². The zero-order valence-corrected chi connectivity index (χ0v) is 31.9. The number of rotatable bonds is 5. The fourth-order valence-electron chi connectivity index (χ4n) is 8.81. The van der Waals surface area contributed by atoms with Gasteiger partial charge in [-0.3, -0.25) is 0 Å². The number of benzene rings is 8. The Bertz CT molecular complexity index is 3150. The maximum Gasteiger partial charge on any atom is 0.160 e. The molecule has 1 aliphatic carbocycles. The maximum absolute atomic E-state index is 5.21. The smallest absolute Gasteiger partial charge is 0.160 e. The van der Waals surface area contributed by atoms with Gasteiger partial charge >= 0.3 is 0 Å². The molecule has 264 valence electrons. The molecular weight excluding hydrogens is 697 g/mol. The van der Waals surface area contributed by atoms with Crippen molar-refractivity contribution in [3.63, 3.8) is 0 Å². The van der Waals surface area contributed by atoms with Crippen LogP contribution in [-0.2, 0) is 5.41 Å². The second-order valence-corrected chi connectivity index (χ2v) is 16.4. The normalized spacial score (nSPS) is 13.0. The van der Waals surface area contributed by atoms with Crippen molar-refractivity contribution >= 4 is 42.3 Å². The molecule has 2 aromatic heterocycles. The molecule has 0 radical (unpaired) electrons. The van der Waals surface area contributed by atoms with Crippen molar-refractivity contribution in [2.24, 2.45) is 0 Å². The molecule has 8 aromatic carbocycles. The molecule has 3 heteroatoms. The topological polar surface area (TPSA) is 25.8 Å². The van der Waals surface area contributed by atoms with E-state index in [0.717, 1.165) is 28.1 Å². The van der Waals surface area contributed by atoms with Crippen LogP contribution in [0.4, 0.5) is 0 Å². The summed E-state index contributed by atoms with van der Waals surface area (Å²) in [5.41, 5.74) is 15.1. The highest BCUT2D eigenvalue weighted by Gasteiger charge is 2.37. The average molecular weight is 733 g/mol. The SMILES string of the molecule is CC1(C)c2cc3ccccc3cc2-c2c(-c3cccc(-c4cc(-c5ccc(-c6cccc7c6sc6ccccc67)cc5)nc(-c5ccccc5)n4)c3)cccc21. The van der Waals surface area contributed by atoms with E-state index in [1.807, 2.05) is 29.5 Å². The highest BCUT2D eigenvalue weighted by Crippen LogP contribution is 2.53. The molecule has 0 fully saturated rings. The summed E-state index contributed by atoms with van der Waals surface area (Å²) >= 11 is 1.86. The van der Waals surface area contributed by atoms with Crippen molar-refractivity contribution in [2.45, 2.75) is 19.3 Å². The van der Waals surface area contributed by atoms with E-state index in [9.17, 15) is 0 Å². The average Bonchev–Trinajstić information content (AvgIpc) is 3.75. The van der Waals surface area contributed by atoms with Gasteiger partial charge in [0.15, 0.2) is 5.82 Å². The van der Waals surface area contributed by atoms with Gasteiger partial charge in [0.05, 0.1) is 11.4 Å². The van der Waals surface area contributed by atoms with Crippen molar-refractivity contribution in [1.29, 1.82) is 0 Å². The minimum Gasteiger partial charge on any atom is -0.228 e. The first-order valence-corrected chi connectivity index (χ1v) is 20.0. The van der Waals surface area contributed by atoms with Gasteiger partial charge < -0.3 is 0 Å². The van der Waals surface area contributed by atoms with Crippen LogP contribution in [0.15, 0.2) is 182 Å². The predicted octanol–water partition coefficient (Wildman–Crippen LogP) is 14.6. The number of nitrogens with zero attached hydrogens (tertiary/aromatic N) is 2. The monoisotopic (exact) mass is 732 g/mol. The Hall–Kier alpha value is -6.68. The quantitative estimate of drug-likeness (QED) is 0.176. The molecule has 0 saturated carbocycles. The number of fused-ring (bicyclic) bond motifs is 7. The van der Waals surface area contributed by atoms with E-state index >= 15 is 0 Å². The lowest BCUT2D eigenvalue weighted by atomic mass is 9.81. The van der Waals surface area contributed by atoms with Gasteiger partial charge in [-0.2, -0.15) is 0 Å². The van der Waals surface area contributed by atoms with Crippen molar-refractivity contribution < 1.29 is 0 Å². The molecule has 2 heterocycles. The number of hydrogen-bond acceptors (Lipinski definition) is 3. The standard InChI is InChI=1S/C53H36N2S/c1-53(2)45-23-12-20-40(50(45)44-30-36-15-6-7-16-37(36)31-46(44)53)38-17-10-18-39(29-38)48-32-47(54-52(55-48)35-13-4-3-5-14-35)34-27-25-33(26-28-34)41-21-11-22-43-42-19-8-9-24-49(42)56-51(41)43/h3-32H,1-2H3. The maximum atomic E-state index is 5.21. The second kappa shape index (κ2) is 12.7. The van der Waals surface area contributed by atoms with Crippen molar-refractivity contribution in [3.8, 4) is 67.3 Å². The van der Waals surface area contributed by atoms with Gasteiger partial charge in [-0.25, -0.2) is 9.97 Å². The van der Waals surface area contributed by atoms with E-state index in [1.165, 1.54) is 75.5 Å². The van der Waals surface area contributed by atoms with Crippen LogP contribution in [0.25, 0.3) is 98.2 Å². The Morgan fingerprint density at radius 3 is 1.88 bits per heavy atom. The van der Waals surface area contributed by atoms with Crippen LogP contribution in [0.2, 0.25) is 0 Å². The Morgan fingerprint density at radius 2 is 1.04 bits per heavy atom.